The van der Waals surface area contributed by atoms with Crippen LogP contribution in [0, 0.1) is 31.2 Å². The van der Waals surface area contributed by atoms with Crippen LogP contribution in [0.1, 0.15) is 78.9 Å². The number of nitrogens with zero attached hydrogens (tertiary/aromatic N) is 5. The molecule has 4 aromatic heterocycles. The SMILES string of the molecule is C=C(C)C(=O)OCCN=C=O.C=C(C)C(=O)OCCNC(=O)Oc1ccc(C(O)CC(O)c2ccccc2)cc1.Cc1ccccc1.Oc1ccc(C(O)CC(O)c2ccccc2)cc1.[Ir].[Ir].[c-]1ccccc1-c1ccccn1.[c-]1ccccc1-c1ccccn1.[c-]1ccccc1-c1ccccn1.[c-]1ccccc1-c1ccccn1. The summed E-state index contributed by atoms with van der Waals surface area (Å²) in [7, 11) is 0. The number of amides is 1. The summed E-state index contributed by atoms with van der Waals surface area (Å²) in [6, 6.07) is 109. The molecule has 4 atom stereocenters. The number of aromatic hydroxyl groups is 1. The average Bonchev–Trinajstić information content (AvgIpc) is 1.69. The van der Waals surface area contributed by atoms with E-state index in [0.717, 1.165) is 56.2 Å². The molecule has 18 nitrogen and oxygen atoms in total. The summed E-state index contributed by atoms with van der Waals surface area (Å²) < 4.78 is 14.6. The number of nitrogens with one attached hydrogen (secondary N) is 1. The standard InChI is InChI=1S/C22H25NO6.C15H16O3.4C11H8N.C7H9NO3.C7H8.2Ir/c1-15(2)21(26)28-13-12-23-22(27)29-18-10-8-17(9-11-18)20(25)14-19(24)16-6-4-3-5-7-16;16-13-8-6-12(7-9-13)15(18)10-14(17)11-4-2-1-3-5-11;4*1-2-6-10(7-3-1)11-8-4-5-9-12-11;1-6(2)7(10)11-4-3-8-5-9;1-7-5-3-2-4-6-7;;/h3-11,19-20,24-25H,1,12-14H2,2H3,(H,23,27);1-9,14-18H,10H2;4*1-6,8-9H;1,3-4H2,2H3;2-6H,1H3;;/q;;4*-1;;;;. The minimum atomic E-state index is -0.865. The first kappa shape index (κ1) is 95.0. The smallest absolute Gasteiger partial charge is 0.412 e. The monoisotopic (exact) mass is 1890 g/mol. The average molecular weight is 1890 g/mol. The second-order valence-corrected chi connectivity index (χ2v) is 24.3. The van der Waals surface area contributed by atoms with Gasteiger partial charge >= 0.3 is 18.0 Å². The minimum absolute atomic E-state index is 0. The molecule has 20 heteroatoms. The largest absolute Gasteiger partial charge is 0.508 e. The van der Waals surface area contributed by atoms with E-state index < -0.39 is 42.4 Å². The van der Waals surface area contributed by atoms with E-state index in [-0.39, 0.29) is 90.7 Å². The number of isocyanates is 1. The predicted molar refractivity (Wildman–Crippen MR) is 440 cm³/mol. The molecular formula is C95H90Ir2N6O12-4. The van der Waals surface area contributed by atoms with E-state index in [4.69, 9.17) is 14.6 Å². The second kappa shape index (κ2) is 56.7. The van der Waals surface area contributed by atoms with E-state index in [1.165, 1.54) is 30.7 Å². The van der Waals surface area contributed by atoms with Crippen molar-refractivity contribution in [3.05, 3.63) is 411 Å². The summed E-state index contributed by atoms with van der Waals surface area (Å²) in [6.45, 7) is 12.4. The van der Waals surface area contributed by atoms with Gasteiger partial charge in [0.25, 0.3) is 0 Å². The van der Waals surface area contributed by atoms with Crippen molar-refractivity contribution in [2.24, 2.45) is 4.99 Å². The first-order valence-corrected chi connectivity index (χ1v) is 35.9. The number of hydrogen-bond donors (Lipinski definition) is 6. The summed E-state index contributed by atoms with van der Waals surface area (Å²) in [5.74, 6) is -0.534. The Kier molecular flexibility index (Phi) is 46.9. The summed E-state index contributed by atoms with van der Waals surface area (Å²) >= 11 is 0. The zero-order valence-corrected chi connectivity index (χ0v) is 68.5. The number of aliphatic hydroxyl groups is 4. The number of phenolic OH excluding ortho intramolecular Hbond substituents is 1. The molecule has 13 rings (SSSR count). The Bertz CT molecular complexity index is 4370. The Hall–Kier alpha value is -12.4. The van der Waals surface area contributed by atoms with Crippen LogP contribution < -0.4 is 10.1 Å². The number of hydrogen-bond acceptors (Lipinski definition) is 17. The van der Waals surface area contributed by atoms with Gasteiger partial charge in [-0.2, -0.15) is 0 Å². The number of phenols is 1. The van der Waals surface area contributed by atoms with Crippen LogP contribution in [0.3, 0.4) is 0 Å². The van der Waals surface area contributed by atoms with Gasteiger partial charge in [-0.1, -0.05) is 183 Å². The quantitative estimate of drug-likeness (QED) is 0.00974. The van der Waals surface area contributed by atoms with Crippen molar-refractivity contribution in [2.75, 3.05) is 26.3 Å². The number of aliphatic hydroxyl groups excluding tert-OH is 4. The van der Waals surface area contributed by atoms with Crippen LogP contribution in [0.25, 0.3) is 45.0 Å². The first-order valence-electron chi connectivity index (χ1n) is 35.9. The third kappa shape index (κ3) is 39.1. The topological polar surface area (TPSA) is 273 Å². The van der Waals surface area contributed by atoms with Crippen molar-refractivity contribution in [3.8, 4) is 56.5 Å². The van der Waals surface area contributed by atoms with E-state index in [0.29, 0.717) is 22.4 Å². The molecule has 9 aromatic carbocycles. The van der Waals surface area contributed by atoms with E-state index in [1.54, 1.807) is 80.2 Å². The van der Waals surface area contributed by atoms with Gasteiger partial charge < -0.3 is 65.0 Å². The van der Waals surface area contributed by atoms with Gasteiger partial charge in [0, 0.05) is 89.0 Å². The van der Waals surface area contributed by atoms with Crippen molar-refractivity contribution in [1.82, 2.24) is 25.3 Å². The number of ether oxygens (including phenoxy) is 3. The Morgan fingerprint density at radius 1 is 0.417 bits per heavy atom. The van der Waals surface area contributed by atoms with Crippen molar-refractivity contribution in [3.63, 3.8) is 0 Å². The molecule has 0 fully saturated rings. The van der Waals surface area contributed by atoms with Gasteiger partial charge in [0.2, 0.25) is 6.08 Å². The summed E-state index contributed by atoms with van der Waals surface area (Å²) in [5.41, 5.74) is 12.8. The number of rotatable bonds is 21. The molecule has 0 spiro atoms. The van der Waals surface area contributed by atoms with Crippen molar-refractivity contribution in [2.45, 2.75) is 58.0 Å². The summed E-state index contributed by atoms with van der Waals surface area (Å²) in [4.78, 5) is 63.2. The van der Waals surface area contributed by atoms with E-state index in [1.807, 2.05) is 237 Å². The Balaban J connectivity index is 0.000000286. The molecule has 0 aliphatic carbocycles. The number of esters is 2. The van der Waals surface area contributed by atoms with Crippen LogP contribution in [-0.2, 0) is 64.1 Å². The fourth-order valence-electron chi connectivity index (χ4n) is 9.52. The van der Waals surface area contributed by atoms with Gasteiger partial charge in [0.05, 0.1) is 37.5 Å². The van der Waals surface area contributed by atoms with Crippen molar-refractivity contribution < 1.29 is 99.1 Å². The van der Waals surface area contributed by atoms with E-state index >= 15 is 0 Å². The maximum absolute atomic E-state index is 11.7. The number of pyridine rings is 4. The van der Waals surface area contributed by atoms with Crippen LogP contribution in [0.5, 0.6) is 11.5 Å². The predicted octanol–water partition coefficient (Wildman–Crippen LogP) is 18.2. The van der Waals surface area contributed by atoms with Gasteiger partial charge in [-0.3, -0.25) is 0 Å². The van der Waals surface area contributed by atoms with E-state index in [2.05, 4.69) is 91.5 Å². The molecule has 115 heavy (non-hydrogen) atoms. The number of carbonyl (C=O) groups excluding carboxylic acids is 4. The zero-order valence-electron chi connectivity index (χ0n) is 63.7. The van der Waals surface area contributed by atoms with Gasteiger partial charge in [-0.05, 0) is 114 Å². The Morgan fingerprint density at radius 3 is 1.01 bits per heavy atom. The van der Waals surface area contributed by atoms with Gasteiger partial charge in [-0.15, -0.1) is 144 Å². The first-order chi connectivity index (χ1) is 55.0. The molecule has 594 valence electrons. The maximum Gasteiger partial charge on any atom is 0.412 e. The summed E-state index contributed by atoms with van der Waals surface area (Å²) in [6.07, 6.45) is 5.07. The number of aliphatic imine (C=N–C) groups is 1. The van der Waals surface area contributed by atoms with E-state index in [9.17, 15) is 39.6 Å². The fourth-order valence-corrected chi connectivity index (χ4v) is 9.52. The molecule has 0 bridgehead atoms. The molecule has 6 N–H and O–H groups in total. The Labute approximate surface area is 700 Å². The van der Waals surface area contributed by atoms with Crippen LogP contribution >= 0.6 is 0 Å². The van der Waals surface area contributed by atoms with Crippen LogP contribution in [-0.4, -0.2) is 95.9 Å². The van der Waals surface area contributed by atoms with Gasteiger partial charge in [0.1, 0.15) is 24.7 Å². The van der Waals surface area contributed by atoms with Crippen molar-refractivity contribution in [1.29, 1.82) is 0 Å². The molecule has 0 saturated heterocycles. The molecule has 0 aliphatic rings. The number of aromatic nitrogens is 4. The number of benzene rings is 9. The Morgan fingerprint density at radius 2 is 0.722 bits per heavy atom. The zero-order chi connectivity index (χ0) is 80.9. The molecule has 13 aromatic rings. The third-order valence-corrected chi connectivity index (χ3v) is 15.4. The molecule has 0 saturated carbocycles. The molecule has 2 radical (unpaired) electrons. The molecular weight excluding hydrogens is 1800 g/mol. The number of carbonyl (C=O) groups is 3. The van der Waals surface area contributed by atoms with Gasteiger partial charge in [-0.25, -0.2) is 24.2 Å². The normalized spacial score (nSPS) is 10.7. The van der Waals surface area contributed by atoms with Crippen LogP contribution in [0.4, 0.5) is 4.79 Å². The molecule has 4 heterocycles. The molecule has 1 amide bonds. The summed E-state index contributed by atoms with van der Waals surface area (Å²) in [5, 5.41) is 52.2. The molecule has 4 unspecified atom stereocenters. The fraction of sp³-hybridized carbons (Fsp3) is 0.137. The van der Waals surface area contributed by atoms with Crippen molar-refractivity contribution >= 4 is 24.1 Å². The van der Waals surface area contributed by atoms with Crippen LogP contribution in [0.15, 0.2) is 363 Å². The maximum atomic E-state index is 11.7. The second-order valence-electron chi connectivity index (χ2n) is 24.3. The molecule has 0 aliphatic heterocycles. The van der Waals surface area contributed by atoms with Gasteiger partial charge in [0.15, 0.2) is 0 Å². The van der Waals surface area contributed by atoms with Crippen LogP contribution in [0.2, 0.25) is 0 Å². The number of aryl methyl sites for hydroxylation is 1. The minimum Gasteiger partial charge on any atom is -0.508 e. The third-order valence-electron chi connectivity index (χ3n) is 15.4.